The van der Waals surface area contributed by atoms with Crippen molar-refractivity contribution in [3.05, 3.63) is 46.0 Å². The number of nitrogens with one attached hydrogen (secondary N) is 2. The lowest BCUT2D eigenvalue weighted by molar-refractivity contribution is 0.639. The Bertz CT molecular complexity index is 495. The number of rotatable bonds is 6. The summed E-state index contributed by atoms with van der Waals surface area (Å²) in [6, 6.07) is 5.96. The van der Waals surface area contributed by atoms with Gasteiger partial charge in [0.1, 0.15) is 4.60 Å². The van der Waals surface area contributed by atoms with Gasteiger partial charge in [0, 0.05) is 12.2 Å². The number of pyridine rings is 1. The quantitative estimate of drug-likeness (QED) is 0.637. The Labute approximate surface area is 115 Å². The van der Waals surface area contributed by atoms with Crippen LogP contribution < -0.4 is 5.32 Å². The molecule has 2 aromatic rings. The molecule has 18 heavy (non-hydrogen) atoms. The van der Waals surface area contributed by atoms with E-state index in [-0.39, 0.29) is 0 Å². The van der Waals surface area contributed by atoms with Crippen LogP contribution in [-0.4, -0.2) is 21.7 Å². The van der Waals surface area contributed by atoms with E-state index in [0.29, 0.717) is 0 Å². The highest BCUT2D eigenvalue weighted by atomic mass is 79.9. The van der Waals surface area contributed by atoms with E-state index in [0.717, 1.165) is 36.2 Å². The van der Waals surface area contributed by atoms with Crippen LogP contribution in [0.3, 0.4) is 0 Å². The molecule has 0 saturated heterocycles. The van der Waals surface area contributed by atoms with Crippen LogP contribution in [0.5, 0.6) is 0 Å². The van der Waals surface area contributed by atoms with Crippen LogP contribution in [0.2, 0.25) is 0 Å². The molecule has 2 rings (SSSR count). The average Bonchev–Trinajstić information content (AvgIpc) is 2.75. The number of nitrogens with zero attached hydrogens (tertiary/aromatic N) is 2. The fraction of sp³-hybridized carbons (Fsp3) is 0.385. The summed E-state index contributed by atoms with van der Waals surface area (Å²) in [7, 11) is 0. The van der Waals surface area contributed by atoms with Crippen LogP contribution >= 0.6 is 15.9 Å². The molecule has 5 heteroatoms. The first-order valence-electron chi connectivity index (χ1n) is 6.06. The Kier molecular flexibility index (Phi) is 4.90. The van der Waals surface area contributed by atoms with Crippen molar-refractivity contribution >= 4 is 15.9 Å². The monoisotopic (exact) mass is 308 g/mol. The van der Waals surface area contributed by atoms with Crippen molar-refractivity contribution in [1.29, 1.82) is 0 Å². The number of aromatic amines is 1. The maximum atomic E-state index is 4.37. The van der Waals surface area contributed by atoms with Crippen LogP contribution in [-0.2, 0) is 13.0 Å². The molecule has 0 bridgehead atoms. The molecule has 0 fully saturated rings. The van der Waals surface area contributed by atoms with E-state index in [2.05, 4.69) is 43.4 Å². The molecule has 0 amide bonds. The number of H-pyrrole nitrogens is 1. The third-order valence-corrected chi connectivity index (χ3v) is 3.25. The molecular formula is C13H17BrN4. The lowest BCUT2D eigenvalue weighted by Crippen LogP contribution is -2.16. The fourth-order valence-electron chi connectivity index (χ4n) is 1.80. The Hall–Kier alpha value is -1.20. The highest BCUT2D eigenvalue weighted by molar-refractivity contribution is 9.10. The molecule has 2 aromatic heterocycles. The molecule has 0 aliphatic heterocycles. The van der Waals surface area contributed by atoms with Gasteiger partial charge in [0.15, 0.2) is 0 Å². The minimum atomic E-state index is 0.809. The molecule has 0 spiro atoms. The van der Waals surface area contributed by atoms with Gasteiger partial charge in [-0.25, -0.2) is 4.98 Å². The van der Waals surface area contributed by atoms with Gasteiger partial charge in [-0.1, -0.05) is 6.07 Å². The van der Waals surface area contributed by atoms with Crippen molar-refractivity contribution in [1.82, 2.24) is 20.5 Å². The van der Waals surface area contributed by atoms with Gasteiger partial charge in [0.2, 0.25) is 0 Å². The zero-order chi connectivity index (χ0) is 12.8. The predicted molar refractivity (Wildman–Crippen MR) is 75.3 cm³/mol. The maximum absolute atomic E-state index is 4.37. The van der Waals surface area contributed by atoms with Crippen molar-refractivity contribution in [3.63, 3.8) is 0 Å². The number of hydrogen-bond donors (Lipinski definition) is 2. The number of halogens is 1. The molecule has 4 nitrogen and oxygen atoms in total. The van der Waals surface area contributed by atoms with E-state index in [1.165, 1.54) is 11.3 Å². The molecule has 0 aliphatic rings. The Balaban J connectivity index is 1.66. The summed E-state index contributed by atoms with van der Waals surface area (Å²) in [5, 5.41) is 10.4. The molecule has 0 unspecified atom stereocenters. The first-order chi connectivity index (χ1) is 8.75. The fourth-order valence-corrected chi connectivity index (χ4v) is 2.18. The van der Waals surface area contributed by atoms with Crippen molar-refractivity contribution in [2.45, 2.75) is 26.3 Å². The summed E-state index contributed by atoms with van der Waals surface area (Å²) < 4.78 is 0.885. The topological polar surface area (TPSA) is 53.6 Å². The third kappa shape index (κ3) is 3.92. The summed E-state index contributed by atoms with van der Waals surface area (Å²) in [5.41, 5.74) is 3.53. The molecule has 0 saturated carbocycles. The SMILES string of the molecule is Cc1[nH]ncc1CCCNCc1cccc(Br)n1. The predicted octanol–water partition coefficient (Wildman–Crippen LogP) is 2.60. The zero-order valence-corrected chi connectivity index (χ0v) is 12.0. The van der Waals surface area contributed by atoms with E-state index < -0.39 is 0 Å². The summed E-state index contributed by atoms with van der Waals surface area (Å²) in [6.45, 7) is 3.85. The Morgan fingerprint density at radius 2 is 2.28 bits per heavy atom. The smallest absolute Gasteiger partial charge is 0.106 e. The molecule has 96 valence electrons. The Morgan fingerprint density at radius 3 is 3.00 bits per heavy atom. The zero-order valence-electron chi connectivity index (χ0n) is 10.4. The van der Waals surface area contributed by atoms with Gasteiger partial charge < -0.3 is 5.32 Å². The number of aromatic nitrogens is 3. The van der Waals surface area contributed by atoms with Crippen LogP contribution in [0.4, 0.5) is 0 Å². The lowest BCUT2D eigenvalue weighted by atomic mass is 10.1. The summed E-state index contributed by atoms with van der Waals surface area (Å²) >= 11 is 3.37. The molecular weight excluding hydrogens is 292 g/mol. The first kappa shape index (κ1) is 13.2. The van der Waals surface area contributed by atoms with E-state index in [1.807, 2.05) is 24.4 Å². The minimum Gasteiger partial charge on any atom is -0.311 e. The van der Waals surface area contributed by atoms with Gasteiger partial charge in [-0.05, 0) is 59.9 Å². The highest BCUT2D eigenvalue weighted by Crippen LogP contribution is 2.07. The van der Waals surface area contributed by atoms with Crippen LogP contribution in [0, 0.1) is 6.92 Å². The molecule has 2 N–H and O–H groups in total. The second kappa shape index (κ2) is 6.66. The number of aryl methyl sites for hydroxylation is 2. The molecule has 0 aromatic carbocycles. The van der Waals surface area contributed by atoms with Crippen molar-refractivity contribution < 1.29 is 0 Å². The second-order valence-corrected chi connectivity index (χ2v) is 5.06. The van der Waals surface area contributed by atoms with Crippen molar-refractivity contribution in [3.8, 4) is 0 Å². The van der Waals surface area contributed by atoms with E-state index >= 15 is 0 Å². The minimum absolute atomic E-state index is 0.809. The summed E-state index contributed by atoms with van der Waals surface area (Å²) in [5.74, 6) is 0. The summed E-state index contributed by atoms with van der Waals surface area (Å²) in [4.78, 5) is 4.37. The van der Waals surface area contributed by atoms with Gasteiger partial charge in [0.05, 0.1) is 11.9 Å². The summed E-state index contributed by atoms with van der Waals surface area (Å²) in [6.07, 6.45) is 4.07. The van der Waals surface area contributed by atoms with Crippen LogP contribution in [0.25, 0.3) is 0 Å². The highest BCUT2D eigenvalue weighted by Gasteiger charge is 2.00. The molecule has 2 heterocycles. The van der Waals surface area contributed by atoms with Gasteiger partial charge >= 0.3 is 0 Å². The Morgan fingerprint density at radius 1 is 1.39 bits per heavy atom. The molecule has 0 aliphatic carbocycles. The van der Waals surface area contributed by atoms with Gasteiger partial charge in [-0.15, -0.1) is 0 Å². The molecule has 0 atom stereocenters. The van der Waals surface area contributed by atoms with E-state index in [4.69, 9.17) is 0 Å². The third-order valence-electron chi connectivity index (χ3n) is 2.81. The van der Waals surface area contributed by atoms with Gasteiger partial charge in [-0.2, -0.15) is 5.10 Å². The number of hydrogen-bond acceptors (Lipinski definition) is 3. The normalized spacial score (nSPS) is 10.8. The molecule has 0 radical (unpaired) electrons. The van der Waals surface area contributed by atoms with Crippen molar-refractivity contribution in [2.75, 3.05) is 6.54 Å². The van der Waals surface area contributed by atoms with Crippen LogP contribution in [0.1, 0.15) is 23.4 Å². The van der Waals surface area contributed by atoms with Gasteiger partial charge in [-0.3, -0.25) is 5.10 Å². The lowest BCUT2D eigenvalue weighted by Gasteiger charge is -2.04. The van der Waals surface area contributed by atoms with Gasteiger partial charge in [0.25, 0.3) is 0 Å². The van der Waals surface area contributed by atoms with Crippen molar-refractivity contribution in [2.24, 2.45) is 0 Å². The van der Waals surface area contributed by atoms with E-state index in [1.54, 1.807) is 0 Å². The van der Waals surface area contributed by atoms with Crippen LogP contribution in [0.15, 0.2) is 29.0 Å². The second-order valence-electron chi connectivity index (χ2n) is 4.25. The maximum Gasteiger partial charge on any atom is 0.106 e. The largest absolute Gasteiger partial charge is 0.311 e. The van der Waals surface area contributed by atoms with E-state index in [9.17, 15) is 0 Å². The average molecular weight is 309 g/mol. The standard InChI is InChI=1S/C13H17BrN4/c1-10-11(8-16-18-10)4-3-7-15-9-12-5-2-6-13(14)17-12/h2,5-6,8,15H,3-4,7,9H2,1H3,(H,16,18). The first-order valence-corrected chi connectivity index (χ1v) is 6.86.